The molecule has 134 valence electrons. The van der Waals surface area contributed by atoms with E-state index in [0.717, 1.165) is 36.1 Å². The summed E-state index contributed by atoms with van der Waals surface area (Å²) in [7, 11) is 0. The van der Waals surface area contributed by atoms with Crippen LogP contribution >= 0.6 is 0 Å². The van der Waals surface area contributed by atoms with Gasteiger partial charge in [-0.25, -0.2) is 4.39 Å². The molecule has 1 fully saturated rings. The minimum absolute atomic E-state index is 0.258. The lowest BCUT2D eigenvalue weighted by atomic mass is 10.0. The molecule has 0 atom stereocenters. The van der Waals surface area contributed by atoms with Gasteiger partial charge in [-0.15, -0.1) is 6.58 Å². The Morgan fingerprint density at radius 3 is 2.58 bits per heavy atom. The van der Waals surface area contributed by atoms with E-state index in [-0.39, 0.29) is 5.82 Å². The van der Waals surface area contributed by atoms with Crippen LogP contribution in [-0.2, 0) is 9.47 Å². The molecule has 0 spiro atoms. The second-order valence-corrected chi connectivity index (χ2v) is 6.29. The molecule has 1 aliphatic heterocycles. The molecule has 1 saturated heterocycles. The molecule has 2 aromatic rings. The lowest BCUT2D eigenvalue weighted by Crippen LogP contribution is -2.31. The van der Waals surface area contributed by atoms with Gasteiger partial charge in [0.1, 0.15) is 5.82 Å². The van der Waals surface area contributed by atoms with Crippen LogP contribution in [0.2, 0.25) is 0 Å². The van der Waals surface area contributed by atoms with E-state index in [1.54, 1.807) is 18.3 Å². The summed E-state index contributed by atoms with van der Waals surface area (Å²) in [5, 5.41) is 0. The maximum Gasteiger partial charge on any atom is 0.222 e. The highest BCUT2D eigenvalue weighted by atomic mass is 19.1. The predicted molar refractivity (Wildman–Crippen MR) is 99.7 cm³/mol. The molecule has 3 nitrogen and oxygen atoms in total. The molecule has 0 aliphatic carbocycles. The second-order valence-electron chi connectivity index (χ2n) is 6.29. The quantitative estimate of drug-likeness (QED) is 0.449. The molecule has 4 heteroatoms. The van der Waals surface area contributed by atoms with Crippen LogP contribution in [0, 0.1) is 23.6 Å². The van der Waals surface area contributed by atoms with Gasteiger partial charge in [-0.05, 0) is 61.6 Å². The minimum atomic E-state index is -0.484. The molecule has 0 unspecified atom stereocenters. The number of nitrogens with zero attached hydrogens (tertiary/aromatic N) is 1. The van der Waals surface area contributed by atoms with Crippen molar-refractivity contribution >= 4 is 0 Å². The van der Waals surface area contributed by atoms with Crippen LogP contribution in [0.4, 0.5) is 4.39 Å². The average Bonchev–Trinajstić information content (AvgIpc) is 2.69. The maximum absolute atomic E-state index is 13.0. The molecule has 1 aliphatic rings. The van der Waals surface area contributed by atoms with Crippen LogP contribution in [-0.4, -0.2) is 24.5 Å². The van der Waals surface area contributed by atoms with Gasteiger partial charge in [0.05, 0.1) is 18.9 Å². The number of halogens is 1. The minimum Gasteiger partial charge on any atom is -0.342 e. The van der Waals surface area contributed by atoms with Crippen molar-refractivity contribution in [3.05, 3.63) is 66.6 Å². The first-order valence-electron chi connectivity index (χ1n) is 8.82. The fourth-order valence-electron chi connectivity index (χ4n) is 2.75. The first-order valence-corrected chi connectivity index (χ1v) is 8.82. The van der Waals surface area contributed by atoms with Gasteiger partial charge in [0.2, 0.25) is 6.29 Å². The Labute approximate surface area is 153 Å². The van der Waals surface area contributed by atoms with Crippen LogP contribution in [0.25, 0.3) is 11.3 Å². The Bertz CT molecular complexity index is 767. The first kappa shape index (κ1) is 18.3. The molecule has 1 aromatic heterocycles. The Balaban J connectivity index is 1.52. The largest absolute Gasteiger partial charge is 0.342 e. The number of aromatic nitrogens is 1. The van der Waals surface area contributed by atoms with Crippen LogP contribution in [0.15, 0.2) is 55.3 Å². The van der Waals surface area contributed by atoms with Crippen LogP contribution in [0.1, 0.15) is 24.8 Å². The Hall–Kier alpha value is -2.48. The number of unbranched alkanes of at least 4 members (excludes halogenated alkanes) is 1. The summed E-state index contributed by atoms with van der Waals surface area (Å²) in [4.78, 5) is 4.38. The van der Waals surface area contributed by atoms with Crippen LogP contribution < -0.4 is 0 Å². The molecule has 26 heavy (non-hydrogen) atoms. The molecule has 0 N–H and O–H groups in total. The highest BCUT2D eigenvalue weighted by Crippen LogP contribution is 2.18. The van der Waals surface area contributed by atoms with Crippen molar-refractivity contribution in [3.63, 3.8) is 0 Å². The van der Waals surface area contributed by atoms with Crippen molar-refractivity contribution in [1.29, 1.82) is 0 Å². The van der Waals surface area contributed by atoms with E-state index >= 15 is 0 Å². The molecular weight excluding hydrogens is 329 g/mol. The van der Waals surface area contributed by atoms with Crippen molar-refractivity contribution in [1.82, 2.24) is 4.98 Å². The zero-order valence-corrected chi connectivity index (χ0v) is 14.7. The molecular formula is C22H22FNO2. The molecule has 1 aromatic carbocycles. The number of ether oxygens (including phenoxy) is 2. The molecule has 0 amide bonds. The average molecular weight is 351 g/mol. The van der Waals surface area contributed by atoms with Crippen LogP contribution in [0.5, 0.6) is 0 Å². The lowest BCUT2D eigenvalue weighted by molar-refractivity contribution is -0.170. The van der Waals surface area contributed by atoms with Crippen molar-refractivity contribution in [2.24, 2.45) is 5.92 Å². The number of hydrogen-bond donors (Lipinski definition) is 0. The topological polar surface area (TPSA) is 31.4 Å². The summed E-state index contributed by atoms with van der Waals surface area (Å²) in [5.74, 6) is 6.20. The molecule has 0 radical (unpaired) electrons. The zero-order chi connectivity index (χ0) is 18.2. The third-order valence-electron chi connectivity index (χ3n) is 4.23. The van der Waals surface area contributed by atoms with Crippen LogP contribution in [0.3, 0.4) is 0 Å². The van der Waals surface area contributed by atoms with E-state index in [4.69, 9.17) is 9.47 Å². The SMILES string of the molecule is C=CCCC[C@H]1CO[C@H](C#Cc2ccc(-c3ccc(F)cc3)nc2)OC1. The number of hydrogen-bond acceptors (Lipinski definition) is 3. The summed E-state index contributed by atoms with van der Waals surface area (Å²) >= 11 is 0. The Kier molecular flexibility index (Phi) is 6.54. The van der Waals surface area contributed by atoms with E-state index in [9.17, 15) is 4.39 Å². The summed E-state index contributed by atoms with van der Waals surface area (Å²) in [5.41, 5.74) is 2.44. The van der Waals surface area contributed by atoms with Gasteiger partial charge in [0.25, 0.3) is 0 Å². The van der Waals surface area contributed by atoms with Gasteiger partial charge in [0.15, 0.2) is 0 Å². The fraction of sp³-hybridized carbons (Fsp3) is 0.318. The molecule has 0 bridgehead atoms. The third kappa shape index (κ3) is 5.26. The standard InChI is InChI=1S/C22H22FNO2/c1-2-3-4-5-18-15-25-22(26-16-18)13-7-17-6-12-21(24-14-17)19-8-10-20(23)11-9-19/h2,6,8-12,14,18,22H,1,3-5,15-16H2/t18-,22-. The van der Waals surface area contributed by atoms with E-state index in [2.05, 4.69) is 23.4 Å². The smallest absolute Gasteiger partial charge is 0.222 e. The van der Waals surface area contributed by atoms with Crippen molar-refractivity contribution in [2.45, 2.75) is 25.6 Å². The highest BCUT2D eigenvalue weighted by Gasteiger charge is 2.20. The number of rotatable bonds is 5. The van der Waals surface area contributed by atoms with Gasteiger partial charge in [0, 0.05) is 23.2 Å². The number of benzene rings is 1. The van der Waals surface area contributed by atoms with Gasteiger partial charge in [-0.2, -0.15) is 0 Å². The van der Waals surface area contributed by atoms with E-state index in [1.165, 1.54) is 12.1 Å². The summed E-state index contributed by atoms with van der Waals surface area (Å²) in [6.07, 6.45) is 6.38. The molecule has 0 saturated carbocycles. The normalized spacial score (nSPS) is 19.4. The number of pyridine rings is 1. The Morgan fingerprint density at radius 2 is 1.92 bits per heavy atom. The monoisotopic (exact) mass is 351 g/mol. The maximum atomic E-state index is 13.0. The van der Waals surface area contributed by atoms with Crippen molar-refractivity contribution < 1.29 is 13.9 Å². The fourth-order valence-corrected chi connectivity index (χ4v) is 2.75. The summed E-state index contributed by atoms with van der Waals surface area (Å²) < 4.78 is 24.3. The molecule has 2 heterocycles. The molecule has 3 rings (SSSR count). The zero-order valence-electron chi connectivity index (χ0n) is 14.7. The number of allylic oxidation sites excluding steroid dienone is 1. The van der Waals surface area contributed by atoms with E-state index < -0.39 is 6.29 Å². The second kappa shape index (κ2) is 9.28. The predicted octanol–water partition coefficient (Wildman–Crippen LogP) is 4.58. The van der Waals surface area contributed by atoms with Gasteiger partial charge >= 0.3 is 0 Å². The van der Waals surface area contributed by atoms with Gasteiger partial charge in [-0.3, -0.25) is 4.98 Å². The van der Waals surface area contributed by atoms with E-state index in [0.29, 0.717) is 19.1 Å². The Morgan fingerprint density at radius 1 is 1.15 bits per heavy atom. The van der Waals surface area contributed by atoms with Crippen molar-refractivity contribution in [3.8, 4) is 23.1 Å². The van der Waals surface area contributed by atoms with Gasteiger partial charge < -0.3 is 9.47 Å². The van der Waals surface area contributed by atoms with Crippen molar-refractivity contribution in [2.75, 3.05) is 13.2 Å². The lowest BCUT2D eigenvalue weighted by Gasteiger charge is -2.26. The van der Waals surface area contributed by atoms with Gasteiger partial charge in [-0.1, -0.05) is 12.0 Å². The first-order chi connectivity index (χ1) is 12.7. The summed E-state index contributed by atoms with van der Waals surface area (Å²) in [6, 6.07) is 10.0. The van der Waals surface area contributed by atoms with E-state index in [1.807, 2.05) is 18.2 Å². The highest BCUT2D eigenvalue weighted by molar-refractivity contribution is 5.59. The third-order valence-corrected chi connectivity index (χ3v) is 4.23. The summed E-state index contributed by atoms with van der Waals surface area (Å²) in [6.45, 7) is 5.09.